The lowest BCUT2D eigenvalue weighted by Crippen LogP contribution is -2.06. The van der Waals surface area contributed by atoms with E-state index >= 15 is 0 Å². The zero-order chi connectivity index (χ0) is 33.1. The summed E-state index contributed by atoms with van der Waals surface area (Å²) in [6.07, 6.45) is 3.75. The summed E-state index contributed by atoms with van der Waals surface area (Å²) >= 11 is 0. The van der Waals surface area contributed by atoms with Crippen LogP contribution in [0.4, 0.5) is 0 Å². The standard InChI is InChI=1S/C45H30N4/c1-29-16-23-43-40(24-29)38-12-3-4-14-41(38)48(43)35-20-18-31(19-21-35)32-8-6-9-33(26-32)36-22-17-30(27-46)25-44(36)49-42-15-5-2-11-37(42)39-13-7-10-34(28-47)45(39)49/h2-6,8-12,14-26H,7,13H2,1H3. The van der Waals surface area contributed by atoms with Crippen LogP contribution in [-0.2, 0) is 6.42 Å². The molecule has 0 N–H and O–H groups in total. The van der Waals surface area contributed by atoms with Crippen LogP contribution >= 0.6 is 0 Å². The third-order valence-corrected chi connectivity index (χ3v) is 9.93. The van der Waals surface area contributed by atoms with Crippen molar-refractivity contribution in [2.45, 2.75) is 19.8 Å². The molecule has 0 atom stereocenters. The topological polar surface area (TPSA) is 57.4 Å². The molecule has 4 heteroatoms. The first kappa shape index (κ1) is 28.6. The number of hydrogen-bond donors (Lipinski definition) is 0. The molecule has 2 aromatic heterocycles. The first-order valence-electron chi connectivity index (χ1n) is 16.6. The molecule has 2 heterocycles. The molecule has 0 saturated carbocycles. The molecule has 6 aromatic carbocycles. The van der Waals surface area contributed by atoms with E-state index in [0.29, 0.717) is 11.1 Å². The maximum absolute atomic E-state index is 10.2. The Morgan fingerprint density at radius 1 is 0.571 bits per heavy atom. The largest absolute Gasteiger partial charge is 0.309 e. The molecular weight excluding hydrogens is 597 g/mol. The van der Waals surface area contributed by atoms with Gasteiger partial charge in [0.05, 0.1) is 45.1 Å². The van der Waals surface area contributed by atoms with E-state index in [-0.39, 0.29) is 0 Å². The molecule has 8 aromatic rings. The van der Waals surface area contributed by atoms with E-state index in [2.05, 4.69) is 137 Å². The van der Waals surface area contributed by atoms with Crippen LogP contribution in [0.2, 0.25) is 0 Å². The highest BCUT2D eigenvalue weighted by atomic mass is 15.0. The van der Waals surface area contributed by atoms with Gasteiger partial charge in [-0.25, -0.2) is 0 Å². The maximum Gasteiger partial charge on any atom is 0.101 e. The Balaban J connectivity index is 1.17. The van der Waals surface area contributed by atoms with Crippen molar-refractivity contribution in [3.63, 3.8) is 0 Å². The Labute approximate surface area is 284 Å². The molecule has 0 spiro atoms. The second-order valence-electron chi connectivity index (χ2n) is 12.8. The van der Waals surface area contributed by atoms with Gasteiger partial charge >= 0.3 is 0 Å². The number of aryl methyl sites for hydroxylation is 2. The number of nitriles is 2. The lowest BCUT2D eigenvalue weighted by Gasteiger charge is -2.19. The summed E-state index contributed by atoms with van der Waals surface area (Å²) in [5.41, 5.74) is 14.4. The van der Waals surface area contributed by atoms with Gasteiger partial charge in [-0.3, -0.25) is 0 Å². The number of benzene rings is 6. The van der Waals surface area contributed by atoms with Gasteiger partial charge in [0.2, 0.25) is 0 Å². The molecule has 0 bridgehead atoms. The molecule has 1 aliphatic carbocycles. The minimum Gasteiger partial charge on any atom is -0.309 e. The molecule has 0 radical (unpaired) electrons. The molecule has 0 unspecified atom stereocenters. The van der Waals surface area contributed by atoms with Crippen molar-refractivity contribution in [1.29, 1.82) is 10.5 Å². The highest BCUT2D eigenvalue weighted by Crippen LogP contribution is 2.41. The lowest BCUT2D eigenvalue weighted by molar-refractivity contribution is 0.960. The molecule has 0 amide bonds. The fraction of sp³-hybridized carbons (Fsp3) is 0.0667. The van der Waals surface area contributed by atoms with Crippen LogP contribution in [-0.4, -0.2) is 9.13 Å². The smallest absolute Gasteiger partial charge is 0.101 e. The van der Waals surface area contributed by atoms with Gasteiger partial charge in [-0.1, -0.05) is 90.5 Å². The third-order valence-electron chi connectivity index (χ3n) is 9.93. The first-order chi connectivity index (χ1) is 24.1. The Morgan fingerprint density at radius 3 is 2.10 bits per heavy atom. The van der Waals surface area contributed by atoms with Crippen molar-refractivity contribution >= 4 is 38.3 Å². The fourth-order valence-electron chi connectivity index (χ4n) is 7.71. The van der Waals surface area contributed by atoms with Crippen molar-refractivity contribution in [1.82, 2.24) is 9.13 Å². The Bertz CT molecular complexity index is 2740. The summed E-state index contributed by atoms with van der Waals surface area (Å²) in [7, 11) is 0. The van der Waals surface area contributed by atoms with Crippen molar-refractivity contribution in [2.24, 2.45) is 0 Å². The van der Waals surface area contributed by atoms with Crippen LogP contribution in [0.5, 0.6) is 0 Å². The van der Waals surface area contributed by atoms with Crippen LogP contribution in [0.1, 0.15) is 28.8 Å². The number of hydrogen-bond acceptors (Lipinski definition) is 2. The lowest BCUT2D eigenvalue weighted by atomic mass is 9.95. The second kappa shape index (κ2) is 11.3. The predicted octanol–water partition coefficient (Wildman–Crippen LogP) is 11.1. The predicted molar refractivity (Wildman–Crippen MR) is 200 cm³/mol. The van der Waals surface area contributed by atoms with Crippen LogP contribution in [0.15, 0.2) is 140 Å². The van der Waals surface area contributed by atoms with Gasteiger partial charge in [0.1, 0.15) is 6.07 Å². The monoisotopic (exact) mass is 626 g/mol. The summed E-state index contributed by atoms with van der Waals surface area (Å²) in [5, 5.41) is 23.8. The molecular formula is C45H30N4. The number of fused-ring (bicyclic) bond motifs is 6. The minimum absolute atomic E-state index is 0.579. The van der Waals surface area contributed by atoms with Crippen LogP contribution in [0.25, 0.3) is 71.9 Å². The Hall–Kier alpha value is -6.62. The highest BCUT2D eigenvalue weighted by molar-refractivity contribution is 6.09. The normalized spacial score (nSPS) is 12.5. The van der Waals surface area contributed by atoms with E-state index in [1.807, 2.05) is 30.3 Å². The summed E-state index contributed by atoms with van der Waals surface area (Å²) in [6, 6.07) is 51.7. The second-order valence-corrected chi connectivity index (χ2v) is 12.8. The summed E-state index contributed by atoms with van der Waals surface area (Å²) in [5.74, 6) is 0. The van der Waals surface area contributed by atoms with E-state index in [4.69, 9.17) is 0 Å². The number of allylic oxidation sites excluding steroid dienone is 2. The van der Waals surface area contributed by atoms with E-state index in [9.17, 15) is 10.5 Å². The molecule has 4 nitrogen and oxygen atoms in total. The summed E-state index contributed by atoms with van der Waals surface area (Å²) < 4.78 is 4.54. The first-order valence-corrected chi connectivity index (χ1v) is 16.6. The van der Waals surface area contributed by atoms with Crippen molar-refractivity contribution in [2.75, 3.05) is 0 Å². The van der Waals surface area contributed by atoms with Crippen LogP contribution < -0.4 is 0 Å². The van der Waals surface area contributed by atoms with E-state index in [1.165, 1.54) is 32.9 Å². The zero-order valence-electron chi connectivity index (χ0n) is 27.0. The number of nitrogens with zero attached hydrogens (tertiary/aromatic N) is 4. The molecule has 0 fully saturated rings. The Morgan fingerprint density at radius 2 is 1.31 bits per heavy atom. The van der Waals surface area contributed by atoms with Gasteiger partial charge in [0, 0.05) is 27.4 Å². The van der Waals surface area contributed by atoms with E-state index in [0.717, 1.165) is 63.1 Å². The average Bonchev–Trinajstić information content (AvgIpc) is 3.67. The zero-order valence-corrected chi connectivity index (χ0v) is 27.0. The number of para-hydroxylation sites is 2. The van der Waals surface area contributed by atoms with Crippen molar-refractivity contribution in [3.8, 4) is 45.8 Å². The maximum atomic E-state index is 10.2. The van der Waals surface area contributed by atoms with Crippen molar-refractivity contribution < 1.29 is 0 Å². The van der Waals surface area contributed by atoms with Gasteiger partial charge in [0.15, 0.2) is 0 Å². The molecule has 9 rings (SSSR count). The molecule has 230 valence electrons. The van der Waals surface area contributed by atoms with Gasteiger partial charge in [0.25, 0.3) is 0 Å². The van der Waals surface area contributed by atoms with Gasteiger partial charge in [-0.2, -0.15) is 10.5 Å². The third kappa shape index (κ3) is 4.50. The van der Waals surface area contributed by atoms with E-state index < -0.39 is 0 Å². The summed E-state index contributed by atoms with van der Waals surface area (Å²) in [6.45, 7) is 2.14. The molecule has 0 saturated heterocycles. The van der Waals surface area contributed by atoms with Crippen molar-refractivity contribution in [3.05, 3.63) is 162 Å². The van der Waals surface area contributed by atoms with Gasteiger partial charge in [-0.05, 0) is 96.6 Å². The van der Waals surface area contributed by atoms with Crippen LogP contribution in [0.3, 0.4) is 0 Å². The number of rotatable bonds is 4. The fourth-order valence-corrected chi connectivity index (χ4v) is 7.71. The number of aromatic nitrogens is 2. The van der Waals surface area contributed by atoms with E-state index in [1.54, 1.807) is 0 Å². The Kier molecular flexibility index (Phi) is 6.57. The van der Waals surface area contributed by atoms with Gasteiger partial charge < -0.3 is 9.13 Å². The average molecular weight is 627 g/mol. The molecule has 0 aliphatic heterocycles. The minimum atomic E-state index is 0.579. The van der Waals surface area contributed by atoms with Crippen LogP contribution in [0, 0.1) is 29.6 Å². The SMILES string of the molecule is Cc1ccc2c(c1)c1ccccc1n2-c1ccc(-c2cccc(-c3ccc(C#N)cc3-n3c4c(c5ccccc53)CCC=C4C#N)c2)cc1. The molecule has 49 heavy (non-hydrogen) atoms. The molecule has 1 aliphatic rings. The van der Waals surface area contributed by atoms with Gasteiger partial charge in [-0.15, -0.1) is 0 Å². The highest BCUT2D eigenvalue weighted by Gasteiger charge is 2.25. The summed E-state index contributed by atoms with van der Waals surface area (Å²) in [4.78, 5) is 0. The quantitative estimate of drug-likeness (QED) is 0.195.